The number of hydrogen-bond acceptors (Lipinski definition) is 4. The molecule has 3 rings (SSSR count). The first kappa shape index (κ1) is 27.6. The summed E-state index contributed by atoms with van der Waals surface area (Å²) in [7, 11) is -3.62. The molecule has 0 unspecified atom stereocenters. The van der Waals surface area contributed by atoms with E-state index in [0.717, 1.165) is 43.1 Å². The van der Waals surface area contributed by atoms with Crippen LogP contribution in [0.2, 0.25) is 0 Å². The van der Waals surface area contributed by atoms with Gasteiger partial charge >= 0.3 is 0 Å². The molecular formula is C27H36FN3O4S. The van der Waals surface area contributed by atoms with Crippen LogP contribution in [0.4, 0.5) is 10.1 Å². The minimum atomic E-state index is -3.62. The molecule has 0 spiro atoms. The number of anilines is 1. The Kier molecular flexibility index (Phi) is 9.48. The maximum Gasteiger partial charge on any atom is 0.242 e. The zero-order valence-electron chi connectivity index (χ0n) is 21.2. The van der Waals surface area contributed by atoms with Crippen molar-refractivity contribution >= 4 is 27.5 Å². The van der Waals surface area contributed by atoms with E-state index in [1.807, 2.05) is 31.2 Å². The van der Waals surface area contributed by atoms with Crippen LogP contribution in [0.15, 0.2) is 48.5 Å². The van der Waals surface area contributed by atoms with E-state index >= 15 is 0 Å². The summed E-state index contributed by atoms with van der Waals surface area (Å²) >= 11 is 0. The average Bonchev–Trinajstić information content (AvgIpc) is 3.34. The van der Waals surface area contributed by atoms with Crippen molar-refractivity contribution in [2.45, 2.75) is 71.0 Å². The molecular weight excluding hydrogens is 481 g/mol. The Morgan fingerprint density at radius 1 is 1.06 bits per heavy atom. The van der Waals surface area contributed by atoms with Crippen molar-refractivity contribution in [2.75, 3.05) is 17.1 Å². The van der Waals surface area contributed by atoms with Crippen LogP contribution < -0.4 is 9.62 Å². The summed E-state index contributed by atoms with van der Waals surface area (Å²) in [5.41, 5.74) is 2.36. The third-order valence-electron chi connectivity index (χ3n) is 6.61. The zero-order valence-corrected chi connectivity index (χ0v) is 22.1. The van der Waals surface area contributed by atoms with Gasteiger partial charge in [0.05, 0.1) is 11.9 Å². The lowest BCUT2D eigenvalue weighted by molar-refractivity contribution is -0.141. The first-order valence-electron chi connectivity index (χ1n) is 12.4. The Labute approximate surface area is 213 Å². The van der Waals surface area contributed by atoms with Gasteiger partial charge in [-0.15, -0.1) is 0 Å². The molecule has 2 aromatic carbocycles. The fourth-order valence-corrected chi connectivity index (χ4v) is 5.44. The molecule has 0 radical (unpaired) electrons. The summed E-state index contributed by atoms with van der Waals surface area (Å²) < 4.78 is 39.2. The molecule has 2 aromatic rings. The number of sulfonamides is 1. The summed E-state index contributed by atoms with van der Waals surface area (Å²) in [6, 6.07) is 12.5. The SMILES string of the molecule is Cc1ccc(CN(C(=O)CCCN(c2ccc(F)cc2)S(C)(=O)=O)[C@@H](C)C(=O)NC2CCCC2)cc1. The molecule has 1 N–H and O–H groups in total. The minimum absolute atomic E-state index is 0.0667. The van der Waals surface area contributed by atoms with Crippen molar-refractivity contribution < 1.29 is 22.4 Å². The standard InChI is InChI=1S/C27H36FN3O4S/c1-20-10-12-22(13-11-20)19-30(21(2)27(33)29-24-7-4-5-8-24)26(32)9-6-18-31(36(3,34)35)25-16-14-23(28)15-17-25/h10-17,21,24H,4-9,18-19H2,1-3H3,(H,29,33)/t21-/m0/s1. The molecule has 1 aliphatic carbocycles. The monoisotopic (exact) mass is 517 g/mol. The van der Waals surface area contributed by atoms with E-state index in [2.05, 4.69) is 5.32 Å². The van der Waals surface area contributed by atoms with Crippen LogP contribution in [-0.4, -0.2) is 50.0 Å². The van der Waals surface area contributed by atoms with Gasteiger partial charge in [0.1, 0.15) is 11.9 Å². The third-order valence-corrected chi connectivity index (χ3v) is 7.80. The molecule has 2 amide bonds. The quantitative estimate of drug-likeness (QED) is 0.485. The lowest BCUT2D eigenvalue weighted by Gasteiger charge is -2.30. The maximum absolute atomic E-state index is 13.3. The predicted molar refractivity (Wildman–Crippen MR) is 139 cm³/mol. The lowest BCUT2D eigenvalue weighted by atomic mass is 10.1. The first-order chi connectivity index (χ1) is 17.0. The molecule has 1 saturated carbocycles. The molecule has 0 bridgehead atoms. The molecule has 9 heteroatoms. The second-order valence-electron chi connectivity index (χ2n) is 9.59. The fraction of sp³-hybridized carbons (Fsp3) is 0.481. The first-order valence-corrected chi connectivity index (χ1v) is 14.3. The molecule has 36 heavy (non-hydrogen) atoms. The summed E-state index contributed by atoms with van der Waals surface area (Å²) in [6.45, 7) is 4.07. The second-order valence-corrected chi connectivity index (χ2v) is 11.5. The largest absolute Gasteiger partial charge is 0.352 e. The number of nitrogens with one attached hydrogen (secondary N) is 1. The van der Waals surface area contributed by atoms with Gasteiger partial charge in [-0.2, -0.15) is 0 Å². The predicted octanol–water partition coefficient (Wildman–Crippen LogP) is 4.16. The van der Waals surface area contributed by atoms with E-state index in [0.29, 0.717) is 5.69 Å². The number of aryl methyl sites for hydroxylation is 1. The van der Waals surface area contributed by atoms with E-state index < -0.39 is 21.9 Å². The maximum atomic E-state index is 13.3. The molecule has 0 aromatic heterocycles. The summed E-state index contributed by atoms with van der Waals surface area (Å²) in [6.07, 6.45) is 5.50. The zero-order chi connectivity index (χ0) is 26.3. The highest BCUT2D eigenvalue weighted by molar-refractivity contribution is 7.92. The highest BCUT2D eigenvalue weighted by Crippen LogP contribution is 2.21. The lowest BCUT2D eigenvalue weighted by Crippen LogP contribution is -2.49. The number of halogens is 1. The molecule has 196 valence electrons. The van der Waals surface area contributed by atoms with Gasteiger partial charge in [-0.25, -0.2) is 12.8 Å². The van der Waals surface area contributed by atoms with Crippen LogP contribution in [0.25, 0.3) is 0 Å². The number of carbonyl (C=O) groups is 2. The van der Waals surface area contributed by atoms with Crippen molar-refractivity contribution in [3.63, 3.8) is 0 Å². The van der Waals surface area contributed by atoms with Crippen molar-refractivity contribution in [3.05, 3.63) is 65.5 Å². The van der Waals surface area contributed by atoms with Crippen LogP contribution >= 0.6 is 0 Å². The van der Waals surface area contributed by atoms with Gasteiger partial charge in [0.2, 0.25) is 21.8 Å². The average molecular weight is 518 g/mol. The topological polar surface area (TPSA) is 86.8 Å². The number of hydrogen-bond donors (Lipinski definition) is 1. The van der Waals surface area contributed by atoms with Crippen LogP contribution in [0.5, 0.6) is 0 Å². The van der Waals surface area contributed by atoms with Crippen molar-refractivity contribution in [3.8, 4) is 0 Å². The summed E-state index contributed by atoms with van der Waals surface area (Å²) in [5.74, 6) is -0.859. The van der Waals surface area contributed by atoms with Gasteiger partial charge in [0.15, 0.2) is 0 Å². The molecule has 1 fully saturated rings. The van der Waals surface area contributed by atoms with Crippen molar-refractivity contribution in [2.24, 2.45) is 0 Å². The van der Waals surface area contributed by atoms with E-state index in [4.69, 9.17) is 0 Å². The van der Waals surface area contributed by atoms with Gasteiger partial charge in [-0.05, 0) is 62.9 Å². The van der Waals surface area contributed by atoms with Gasteiger partial charge in [0, 0.05) is 25.6 Å². The van der Waals surface area contributed by atoms with Crippen LogP contribution in [0, 0.1) is 12.7 Å². The molecule has 7 nitrogen and oxygen atoms in total. The second kappa shape index (κ2) is 12.3. The van der Waals surface area contributed by atoms with E-state index in [1.54, 1.807) is 11.8 Å². The van der Waals surface area contributed by atoms with Crippen LogP contribution in [0.1, 0.15) is 56.6 Å². The normalized spacial score (nSPS) is 14.9. The number of rotatable bonds is 11. The van der Waals surface area contributed by atoms with Gasteiger partial charge in [-0.3, -0.25) is 13.9 Å². The smallest absolute Gasteiger partial charge is 0.242 e. The fourth-order valence-electron chi connectivity index (χ4n) is 4.48. The minimum Gasteiger partial charge on any atom is -0.352 e. The third kappa shape index (κ3) is 7.78. The number of nitrogens with zero attached hydrogens (tertiary/aromatic N) is 2. The Morgan fingerprint density at radius 2 is 1.67 bits per heavy atom. The summed E-state index contributed by atoms with van der Waals surface area (Å²) in [5, 5.41) is 3.08. The van der Waals surface area contributed by atoms with Crippen LogP contribution in [-0.2, 0) is 26.2 Å². The van der Waals surface area contributed by atoms with Gasteiger partial charge < -0.3 is 10.2 Å². The Hall–Kier alpha value is -2.94. The van der Waals surface area contributed by atoms with E-state index in [1.165, 1.54) is 28.6 Å². The van der Waals surface area contributed by atoms with Crippen molar-refractivity contribution in [1.29, 1.82) is 0 Å². The Bertz CT molecular complexity index is 1130. The Balaban J connectivity index is 1.70. The molecule has 1 atom stereocenters. The molecule has 0 aliphatic heterocycles. The number of carbonyl (C=O) groups excluding carboxylic acids is 2. The van der Waals surface area contributed by atoms with E-state index in [9.17, 15) is 22.4 Å². The molecule has 0 heterocycles. The number of amides is 2. The van der Waals surface area contributed by atoms with Gasteiger partial charge in [-0.1, -0.05) is 42.7 Å². The highest BCUT2D eigenvalue weighted by atomic mass is 32.2. The Morgan fingerprint density at radius 3 is 2.25 bits per heavy atom. The summed E-state index contributed by atoms with van der Waals surface area (Å²) in [4.78, 5) is 27.9. The van der Waals surface area contributed by atoms with Crippen molar-refractivity contribution in [1.82, 2.24) is 10.2 Å². The highest BCUT2D eigenvalue weighted by Gasteiger charge is 2.28. The molecule has 0 saturated heterocycles. The number of benzene rings is 2. The molecule has 1 aliphatic rings. The van der Waals surface area contributed by atoms with E-state index in [-0.39, 0.29) is 43.8 Å². The van der Waals surface area contributed by atoms with Gasteiger partial charge in [0.25, 0.3) is 0 Å². The van der Waals surface area contributed by atoms with Crippen LogP contribution in [0.3, 0.4) is 0 Å².